The second kappa shape index (κ2) is 6.15. The summed E-state index contributed by atoms with van der Waals surface area (Å²) in [7, 11) is 0. The van der Waals surface area contributed by atoms with Gasteiger partial charge in [-0.2, -0.15) is 0 Å². The van der Waals surface area contributed by atoms with Gasteiger partial charge in [-0.1, -0.05) is 17.7 Å². The molecule has 0 radical (unpaired) electrons. The Kier molecular flexibility index (Phi) is 4.31. The zero-order valence-corrected chi connectivity index (χ0v) is 11.6. The summed E-state index contributed by atoms with van der Waals surface area (Å²) in [4.78, 5) is 22.6. The molecule has 0 bridgehead atoms. The van der Waals surface area contributed by atoms with Gasteiger partial charge in [0.25, 0.3) is 0 Å². The van der Waals surface area contributed by atoms with Gasteiger partial charge in [0, 0.05) is 5.56 Å². The van der Waals surface area contributed by atoms with Crippen LogP contribution in [0.1, 0.15) is 29.3 Å². The second-order valence-electron chi connectivity index (χ2n) is 4.74. The Morgan fingerprint density at radius 3 is 1.90 bits per heavy atom. The molecule has 0 atom stereocenters. The third-order valence-corrected chi connectivity index (χ3v) is 2.84. The van der Waals surface area contributed by atoms with Gasteiger partial charge in [-0.25, -0.2) is 0 Å². The van der Waals surface area contributed by atoms with Crippen molar-refractivity contribution in [2.75, 3.05) is 0 Å². The molecule has 0 unspecified atom stereocenters. The molecule has 0 aromatic heterocycles. The average Bonchev–Trinajstić information content (AvgIpc) is 2.41. The first-order valence-electron chi connectivity index (χ1n) is 6.42. The quantitative estimate of drug-likeness (QED) is 0.609. The van der Waals surface area contributed by atoms with E-state index in [0.29, 0.717) is 11.3 Å². The molecule has 2 rings (SSSR count). The minimum absolute atomic E-state index is 0.0574. The van der Waals surface area contributed by atoms with Gasteiger partial charge in [0.05, 0.1) is 6.42 Å². The lowest BCUT2D eigenvalue weighted by molar-refractivity contribution is -0.116. The highest BCUT2D eigenvalue weighted by Crippen LogP contribution is 2.22. The van der Waals surface area contributed by atoms with Crippen LogP contribution in [-0.4, -0.2) is 11.6 Å². The third kappa shape index (κ3) is 3.79. The summed E-state index contributed by atoms with van der Waals surface area (Å²) in [5.74, 6) is 1.11. The molecule has 0 aliphatic carbocycles. The molecule has 0 saturated carbocycles. The van der Waals surface area contributed by atoms with Crippen LogP contribution in [0.15, 0.2) is 48.5 Å². The summed E-state index contributed by atoms with van der Waals surface area (Å²) in [5, 5.41) is 0. The Hall–Kier alpha value is -2.42. The number of hydrogen-bond acceptors (Lipinski definition) is 3. The number of carbonyl (C=O) groups excluding carboxylic acids is 2. The Morgan fingerprint density at radius 2 is 1.40 bits per heavy atom. The number of carbonyl (C=O) groups is 2. The maximum atomic E-state index is 11.7. The summed E-state index contributed by atoms with van der Waals surface area (Å²) < 4.78 is 5.67. The topological polar surface area (TPSA) is 43.4 Å². The van der Waals surface area contributed by atoms with Gasteiger partial charge in [-0.3, -0.25) is 9.59 Å². The number of rotatable bonds is 5. The summed E-state index contributed by atoms with van der Waals surface area (Å²) in [6.45, 7) is 3.42. The molecule has 3 nitrogen and oxygen atoms in total. The summed E-state index contributed by atoms with van der Waals surface area (Å²) in [6.07, 6.45) is -0.0574. The Labute approximate surface area is 118 Å². The average molecular weight is 268 g/mol. The van der Waals surface area contributed by atoms with Crippen LogP contribution in [-0.2, 0) is 4.79 Å². The fourth-order valence-corrected chi connectivity index (χ4v) is 1.78. The molecule has 0 aliphatic rings. The van der Waals surface area contributed by atoms with Crippen molar-refractivity contribution in [3.05, 3.63) is 59.7 Å². The molecule has 0 saturated heterocycles. The molecule has 102 valence electrons. The van der Waals surface area contributed by atoms with E-state index in [4.69, 9.17) is 4.74 Å². The first-order chi connectivity index (χ1) is 9.54. The minimum atomic E-state index is -0.167. The number of Topliss-reactive ketones (excluding diaryl/α,β-unsaturated/α-hetero) is 2. The van der Waals surface area contributed by atoms with Crippen molar-refractivity contribution >= 4 is 11.6 Å². The fourth-order valence-electron chi connectivity index (χ4n) is 1.78. The van der Waals surface area contributed by atoms with Crippen molar-refractivity contribution in [2.45, 2.75) is 20.3 Å². The summed E-state index contributed by atoms with van der Waals surface area (Å²) in [6, 6.07) is 14.5. The van der Waals surface area contributed by atoms with E-state index in [9.17, 15) is 9.59 Å². The van der Waals surface area contributed by atoms with E-state index in [-0.39, 0.29) is 18.0 Å². The van der Waals surface area contributed by atoms with E-state index in [2.05, 4.69) is 0 Å². The fraction of sp³-hybridized carbons (Fsp3) is 0.176. The lowest BCUT2D eigenvalue weighted by Crippen LogP contribution is -2.04. The number of benzene rings is 2. The smallest absolute Gasteiger partial charge is 0.170 e. The van der Waals surface area contributed by atoms with E-state index >= 15 is 0 Å². The molecule has 0 heterocycles. The minimum Gasteiger partial charge on any atom is -0.457 e. The highest BCUT2D eigenvalue weighted by Gasteiger charge is 2.08. The second-order valence-corrected chi connectivity index (χ2v) is 4.74. The van der Waals surface area contributed by atoms with Gasteiger partial charge in [-0.15, -0.1) is 0 Å². The zero-order chi connectivity index (χ0) is 14.5. The summed E-state index contributed by atoms with van der Waals surface area (Å²) >= 11 is 0. The predicted molar refractivity (Wildman–Crippen MR) is 77.3 cm³/mol. The molecule has 2 aromatic rings. The van der Waals surface area contributed by atoms with Crippen molar-refractivity contribution in [2.24, 2.45) is 0 Å². The molecule has 0 spiro atoms. The van der Waals surface area contributed by atoms with Gasteiger partial charge in [-0.05, 0) is 50.2 Å². The van der Waals surface area contributed by atoms with Crippen LogP contribution in [0.25, 0.3) is 0 Å². The highest BCUT2D eigenvalue weighted by molar-refractivity contribution is 6.07. The van der Waals surface area contributed by atoms with Crippen LogP contribution in [0.4, 0.5) is 0 Å². The van der Waals surface area contributed by atoms with Gasteiger partial charge >= 0.3 is 0 Å². The first-order valence-corrected chi connectivity index (χ1v) is 6.42. The normalized spacial score (nSPS) is 10.1. The third-order valence-electron chi connectivity index (χ3n) is 2.84. The van der Waals surface area contributed by atoms with Gasteiger partial charge in [0.2, 0.25) is 0 Å². The Bertz CT molecular complexity index is 610. The van der Waals surface area contributed by atoms with E-state index in [1.54, 1.807) is 24.3 Å². The largest absolute Gasteiger partial charge is 0.457 e. The Morgan fingerprint density at radius 1 is 0.900 bits per heavy atom. The van der Waals surface area contributed by atoms with Crippen molar-refractivity contribution in [1.29, 1.82) is 0 Å². The molecule has 0 N–H and O–H groups in total. The predicted octanol–water partition coefficient (Wildman–Crippen LogP) is 3.95. The number of hydrogen-bond donors (Lipinski definition) is 0. The Balaban J connectivity index is 2.06. The maximum absolute atomic E-state index is 11.7. The molecule has 2 aromatic carbocycles. The van der Waals surface area contributed by atoms with Crippen LogP contribution in [0.5, 0.6) is 11.5 Å². The first kappa shape index (κ1) is 14.0. The van der Waals surface area contributed by atoms with E-state index in [0.717, 1.165) is 5.75 Å². The number of aryl methyl sites for hydroxylation is 1. The monoisotopic (exact) mass is 268 g/mol. The molecule has 0 fully saturated rings. The highest BCUT2D eigenvalue weighted by atomic mass is 16.5. The molecule has 0 aliphatic heterocycles. The molecular weight excluding hydrogens is 252 g/mol. The van der Waals surface area contributed by atoms with Crippen LogP contribution in [0, 0.1) is 6.92 Å². The maximum Gasteiger partial charge on any atom is 0.170 e. The van der Waals surface area contributed by atoms with Gasteiger partial charge in [0.1, 0.15) is 17.3 Å². The van der Waals surface area contributed by atoms with E-state index in [1.807, 2.05) is 31.2 Å². The summed E-state index contributed by atoms with van der Waals surface area (Å²) in [5.41, 5.74) is 1.69. The van der Waals surface area contributed by atoms with Crippen molar-refractivity contribution in [3.63, 3.8) is 0 Å². The van der Waals surface area contributed by atoms with Gasteiger partial charge < -0.3 is 4.74 Å². The standard InChI is InChI=1S/C17H16O3/c1-12-3-7-15(8-4-12)20-16-9-5-14(6-10-16)17(19)11-13(2)18/h3-10H,11H2,1-2H3. The van der Waals surface area contributed by atoms with E-state index in [1.165, 1.54) is 12.5 Å². The lowest BCUT2D eigenvalue weighted by atomic mass is 10.1. The van der Waals surface area contributed by atoms with Crippen molar-refractivity contribution < 1.29 is 14.3 Å². The number of ether oxygens (including phenoxy) is 1. The molecule has 3 heteroatoms. The van der Waals surface area contributed by atoms with Gasteiger partial charge in [0.15, 0.2) is 5.78 Å². The zero-order valence-electron chi connectivity index (χ0n) is 11.6. The lowest BCUT2D eigenvalue weighted by Gasteiger charge is -2.06. The van der Waals surface area contributed by atoms with Crippen molar-refractivity contribution in [1.82, 2.24) is 0 Å². The SMILES string of the molecule is CC(=O)CC(=O)c1ccc(Oc2ccc(C)cc2)cc1. The van der Waals surface area contributed by atoms with Crippen LogP contribution in [0.2, 0.25) is 0 Å². The number of ketones is 2. The van der Waals surface area contributed by atoms with Crippen LogP contribution < -0.4 is 4.74 Å². The van der Waals surface area contributed by atoms with Crippen LogP contribution in [0.3, 0.4) is 0 Å². The molecular formula is C17H16O3. The van der Waals surface area contributed by atoms with Crippen LogP contribution >= 0.6 is 0 Å². The van der Waals surface area contributed by atoms with E-state index < -0.39 is 0 Å². The molecule has 0 amide bonds. The molecule has 20 heavy (non-hydrogen) atoms. The van der Waals surface area contributed by atoms with Crippen molar-refractivity contribution in [3.8, 4) is 11.5 Å².